The van der Waals surface area contributed by atoms with E-state index in [2.05, 4.69) is 52.8 Å². The number of guanidine groups is 1. The number of benzene rings is 2. The van der Waals surface area contributed by atoms with Crippen molar-refractivity contribution >= 4 is 29.4 Å². The standard InChI is InChI=1S/C34H37ClN8O3/c1-32(2,3)19-34(23-8-5-21(6-9-23)26-17-37-13-14-38-26)30(45)43(31(36)41-34)27(18-46-28(44)16-33(4)11-12-33)22-7-10-25(35)24(15-22)29-39-20-40-42-29/h5-10,13-15,17,20,27H,11-12,16,18-19H2,1-4H3,(H2,36,41)(H,39,40,42)/t27-,34-/m1/s1. The molecule has 1 fully saturated rings. The maximum Gasteiger partial charge on any atom is 0.306 e. The van der Waals surface area contributed by atoms with E-state index in [0.717, 1.165) is 18.4 Å². The van der Waals surface area contributed by atoms with Gasteiger partial charge in [0.1, 0.15) is 12.9 Å². The molecule has 1 saturated carbocycles. The van der Waals surface area contributed by atoms with Gasteiger partial charge in [0.15, 0.2) is 17.3 Å². The van der Waals surface area contributed by atoms with Gasteiger partial charge in [-0.15, -0.1) is 0 Å². The van der Waals surface area contributed by atoms with Crippen LogP contribution in [0.15, 0.2) is 72.4 Å². The van der Waals surface area contributed by atoms with E-state index >= 15 is 0 Å². The molecular formula is C34H37ClN8O3. The topological polar surface area (TPSA) is 152 Å². The first kappa shape index (κ1) is 31.3. The lowest BCUT2D eigenvalue weighted by molar-refractivity contribution is -0.148. The summed E-state index contributed by atoms with van der Waals surface area (Å²) in [5, 5.41) is 7.23. The lowest BCUT2D eigenvalue weighted by atomic mass is 9.75. The lowest BCUT2D eigenvalue weighted by Crippen LogP contribution is -2.47. The summed E-state index contributed by atoms with van der Waals surface area (Å²) < 4.78 is 5.86. The number of hydrogen-bond acceptors (Lipinski definition) is 9. The molecule has 2 aliphatic rings. The molecule has 238 valence electrons. The minimum Gasteiger partial charge on any atom is -0.463 e. The number of amides is 1. The average Bonchev–Trinajstić information content (AvgIpc) is 3.39. The monoisotopic (exact) mass is 640 g/mol. The second-order valence-corrected chi connectivity index (χ2v) is 14.1. The third-order valence-corrected chi connectivity index (χ3v) is 8.90. The molecule has 0 unspecified atom stereocenters. The Morgan fingerprint density at radius 2 is 1.89 bits per heavy atom. The molecule has 0 spiro atoms. The van der Waals surface area contributed by atoms with Crippen molar-refractivity contribution in [2.75, 3.05) is 6.61 Å². The molecule has 12 heteroatoms. The number of rotatable bonds is 10. The first-order valence-electron chi connectivity index (χ1n) is 15.2. The van der Waals surface area contributed by atoms with Gasteiger partial charge in [-0.25, -0.2) is 9.98 Å². The lowest BCUT2D eigenvalue weighted by Gasteiger charge is -2.35. The second kappa shape index (κ2) is 11.9. The van der Waals surface area contributed by atoms with Crippen molar-refractivity contribution in [1.29, 1.82) is 0 Å². The third-order valence-electron chi connectivity index (χ3n) is 8.57. The Hall–Kier alpha value is -4.64. The zero-order valence-corrected chi connectivity index (χ0v) is 27.1. The predicted octanol–water partition coefficient (Wildman–Crippen LogP) is 5.85. The third kappa shape index (κ3) is 6.37. The molecule has 3 N–H and O–H groups in total. The van der Waals surface area contributed by atoms with E-state index in [1.807, 2.05) is 30.3 Å². The first-order chi connectivity index (χ1) is 21.9. The fourth-order valence-electron chi connectivity index (χ4n) is 5.99. The van der Waals surface area contributed by atoms with E-state index in [1.54, 1.807) is 30.7 Å². The van der Waals surface area contributed by atoms with Crippen LogP contribution in [0.3, 0.4) is 0 Å². The molecule has 2 atom stereocenters. The molecule has 0 bridgehead atoms. The van der Waals surface area contributed by atoms with E-state index in [1.165, 1.54) is 11.2 Å². The van der Waals surface area contributed by atoms with E-state index in [9.17, 15) is 9.59 Å². The zero-order chi connectivity index (χ0) is 32.7. The number of ether oxygens (including phenoxy) is 1. The number of aromatic amines is 1. The molecule has 1 amide bonds. The fraction of sp³-hybridized carbons (Fsp3) is 0.382. The van der Waals surface area contributed by atoms with E-state index in [4.69, 9.17) is 27.1 Å². The molecule has 3 heterocycles. The van der Waals surface area contributed by atoms with Gasteiger partial charge >= 0.3 is 5.97 Å². The van der Waals surface area contributed by atoms with E-state index in [-0.39, 0.29) is 35.3 Å². The first-order valence-corrected chi connectivity index (χ1v) is 15.6. The van der Waals surface area contributed by atoms with Crippen molar-refractivity contribution in [2.45, 2.75) is 65.0 Å². The number of nitrogens with zero attached hydrogens (tertiary/aromatic N) is 6. The number of aromatic nitrogens is 5. The van der Waals surface area contributed by atoms with Crippen molar-refractivity contribution < 1.29 is 14.3 Å². The second-order valence-electron chi connectivity index (χ2n) is 13.7. The van der Waals surface area contributed by atoms with Crippen LogP contribution in [0.5, 0.6) is 0 Å². The largest absolute Gasteiger partial charge is 0.463 e. The number of esters is 1. The van der Waals surface area contributed by atoms with Crippen molar-refractivity contribution in [1.82, 2.24) is 30.0 Å². The van der Waals surface area contributed by atoms with E-state index < -0.39 is 11.6 Å². The smallest absolute Gasteiger partial charge is 0.306 e. The summed E-state index contributed by atoms with van der Waals surface area (Å²) in [7, 11) is 0. The predicted molar refractivity (Wildman–Crippen MR) is 174 cm³/mol. The molecule has 2 aromatic carbocycles. The van der Waals surface area contributed by atoms with Crippen LogP contribution in [-0.2, 0) is 19.9 Å². The summed E-state index contributed by atoms with van der Waals surface area (Å²) in [4.78, 5) is 47.0. The molecular weight excluding hydrogens is 604 g/mol. The number of H-pyrrole nitrogens is 1. The minimum absolute atomic E-state index is 0.0321. The van der Waals surface area contributed by atoms with Gasteiger partial charge in [-0.2, -0.15) is 5.10 Å². The molecule has 1 aliphatic heterocycles. The number of nitrogens with two attached hydrogens (primary N) is 1. The number of aliphatic imine (C=N–C) groups is 1. The molecule has 46 heavy (non-hydrogen) atoms. The van der Waals surface area contributed by atoms with Gasteiger partial charge in [0.2, 0.25) is 0 Å². The Morgan fingerprint density at radius 1 is 1.13 bits per heavy atom. The summed E-state index contributed by atoms with van der Waals surface area (Å²) in [6, 6.07) is 12.1. The Kier molecular flexibility index (Phi) is 8.14. The van der Waals surface area contributed by atoms with Crippen molar-refractivity contribution in [3.63, 3.8) is 0 Å². The van der Waals surface area contributed by atoms with Crippen LogP contribution in [0.4, 0.5) is 0 Å². The molecule has 0 saturated heterocycles. The number of nitrogens with one attached hydrogen (secondary N) is 1. The highest BCUT2D eigenvalue weighted by atomic mass is 35.5. The Morgan fingerprint density at radius 3 is 2.52 bits per heavy atom. The number of carbonyl (C=O) groups is 2. The van der Waals surface area contributed by atoms with Gasteiger partial charge in [0.25, 0.3) is 5.91 Å². The average molecular weight is 641 g/mol. The van der Waals surface area contributed by atoms with Crippen molar-refractivity contribution in [3.05, 3.63) is 83.5 Å². The molecule has 0 radical (unpaired) electrons. The van der Waals surface area contributed by atoms with Gasteiger partial charge in [0, 0.05) is 23.5 Å². The molecule has 11 nitrogen and oxygen atoms in total. The van der Waals surface area contributed by atoms with Crippen LogP contribution in [-0.4, -0.2) is 54.5 Å². The Bertz CT molecular complexity index is 1770. The maximum absolute atomic E-state index is 14.9. The van der Waals surface area contributed by atoms with Crippen molar-refractivity contribution in [3.8, 4) is 22.6 Å². The van der Waals surface area contributed by atoms with Gasteiger partial charge in [-0.3, -0.25) is 29.6 Å². The van der Waals surface area contributed by atoms with Crippen LogP contribution < -0.4 is 5.73 Å². The molecule has 1 aliphatic carbocycles. The maximum atomic E-state index is 14.9. The molecule has 4 aromatic rings. The summed E-state index contributed by atoms with van der Waals surface area (Å²) in [6.07, 6.45) is 9.00. The summed E-state index contributed by atoms with van der Waals surface area (Å²) in [5.74, 6) is -0.127. The normalized spacial score (nSPS) is 19.5. The van der Waals surface area contributed by atoms with Crippen LogP contribution >= 0.6 is 11.6 Å². The van der Waals surface area contributed by atoms with Gasteiger partial charge < -0.3 is 10.5 Å². The van der Waals surface area contributed by atoms with Crippen LogP contribution in [0, 0.1) is 10.8 Å². The van der Waals surface area contributed by atoms with Crippen LogP contribution in [0.1, 0.15) is 70.5 Å². The minimum atomic E-state index is -1.31. The van der Waals surface area contributed by atoms with Gasteiger partial charge in [-0.1, -0.05) is 69.6 Å². The summed E-state index contributed by atoms with van der Waals surface area (Å²) >= 11 is 6.56. The molecule has 6 rings (SSSR count). The fourth-order valence-corrected chi connectivity index (χ4v) is 6.19. The van der Waals surface area contributed by atoms with Gasteiger partial charge in [-0.05, 0) is 53.4 Å². The van der Waals surface area contributed by atoms with E-state index in [0.29, 0.717) is 46.1 Å². The zero-order valence-electron chi connectivity index (χ0n) is 26.3. The SMILES string of the molecule is CC(C)(C)C[C@]1(c2ccc(-c3cnccn3)cc2)N=C(N)N([C@H](COC(=O)CC2(C)CC2)c2ccc(Cl)c(-c3ncn[nH]3)c2)C1=O. The quantitative estimate of drug-likeness (QED) is 0.205. The highest BCUT2D eigenvalue weighted by molar-refractivity contribution is 6.33. The highest BCUT2D eigenvalue weighted by Gasteiger charge is 2.53. The summed E-state index contributed by atoms with van der Waals surface area (Å²) in [6.45, 7) is 8.13. The number of halogens is 1. The summed E-state index contributed by atoms with van der Waals surface area (Å²) in [5.41, 5.74) is 8.54. The number of carbonyl (C=O) groups excluding carboxylic acids is 2. The Labute approximate surface area is 272 Å². The van der Waals surface area contributed by atoms with Crippen molar-refractivity contribution in [2.24, 2.45) is 21.6 Å². The highest BCUT2D eigenvalue weighted by Crippen LogP contribution is 2.49. The Balaban J connectivity index is 1.39. The van der Waals surface area contributed by atoms with Crippen LogP contribution in [0.25, 0.3) is 22.6 Å². The van der Waals surface area contributed by atoms with Crippen LogP contribution in [0.2, 0.25) is 5.02 Å². The molecule has 2 aromatic heterocycles. The number of hydrogen-bond donors (Lipinski definition) is 2. The van der Waals surface area contributed by atoms with Gasteiger partial charge in [0.05, 0.1) is 29.4 Å².